The summed E-state index contributed by atoms with van der Waals surface area (Å²) in [7, 11) is 0. The molecular weight excluding hydrogens is 310 g/mol. The fraction of sp³-hybridized carbons (Fsp3) is 0.538. The van der Waals surface area contributed by atoms with Crippen molar-refractivity contribution in [1.29, 1.82) is 0 Å². The van der Waals surface area contributed by atoms with Crippen molar-refractivity contribution in [2.24, 2.45) is 0 Å². The highest BCUT2D eigenvalue weighted by Gasteiger charge is 2.19. The summed E-state index contributed by atoms with van der Waals surface area (Å²) in [5, 5.41) is 4.22. The Balaban J connectivity index is 2.43. The van der Waals surface area contributed by atoms with E-state index in [2.05, 4.69) is 56.1 Å². The number of aromatic nitrogens is 2. The fourth-order valence-corrected chi connectivity index (χ4v) is 3.40. The summed E-state index contributed by atoms with van der Waals surface area (Å²) in [6, 6.07) is 2.67. The number of hydrogen-bond donors (Lipinski definition) is 0. The molecule has 0 atom stereocenters. The summed E-state index contributed by atoms with van der Waals surface area (Å²) in [4.78, 5) is 12.3. The van der Waals surface area contributed by atoms with E-state index in [0.29, 0.717) is 6.04 Å². The Morgan fingerprint density at radius 2 is 2.11 bits per heavy atom. The van der Waals surface area contributed by atoms with E-state index in [-0.39, 0.29) is 0 Å². The number of hydrogen-bond acceptors (Lipinski definition) is 4. The summed E-state index contributed by atoms with van der Waals surface area (Å²) < 4.78 is 0. The van der Waals surface area contributed by atoms with Crippen LogP contribution < -0.4 is 4.90 Å². The number of rotatable bonds is 6. The van der Waals surface area contributed by atoms with Gasteiger partial charge in [0.15, 0.2) is 0 Å². The van der Waals surface area contributed by atoms with Crippen LogP contribution in [0.5, 0.6) is 0 Å². The second-order valence-electron chi connectivity index (χ2n) is 4.19. The van der Waals surface area contributed by atoms with Crippen LogP contribution in [-0.4, -0.2) is 27.9 Å². The lowest BCUT2D eigenvalue weighted by Crippen LogP contribution is -2.36. The Morgan fingerprint density at radius 1 is 1.33 bits per heavy atom. The molecule has 2 aromatic heterocycles. The van der Waals surface area contributed by atoms with Crippen molar-refractivity contribution in [3.05, 3.63) is 17.8 Å². The summed E-state index contributed by atoms with van der Waals surface area (Å²) >= 11 is 5.22. The van der Waals surface area contributed by atoms with Gasteiger partial charge in [-0.3, -0.25) is 0 Å². The third kappa shape index (κ3) is 2.67. The number of thiophene rings is 1. The van der Waals surface area contributed by atoms with Gasteiger partial charge < -0.3 is 4.90 Å². The maximum atomic E-state index is 4.52. The number of fused-ring (bicyclic) bond motifs is 1. The zero-order valence-electron chi connectivity index (χ0n) is 10.8. The van der Waals surface area contributed by atoms with Crippen LogP contribution in [0.2, 0.25) is 0 Å². The zero-order valence-corrected chi connectivity index (χ0v) is 13.2. The van der Waals surface area contributed by atoms with Crippen molar-refractivity contribution in [1.82, 2.24) is 9.97 Å². The summed E-state index contributed by atoms with van der Waals surface area (Å²) in [5.41, 5.74) is 0. The van der Waals surface area contributed by atoms with E-state index in [4.69, 9.17) is 0 Å². The van der Waals surface area contributed by atoms with E-state index in [9.17, 15) is 0 Å². The van der Waals surface area contributed by atoms with Gasteiger partial charge in [-0.15, -0.1) is 11.3 Å². The van der Waals surface area contributed by atoms with Gasteiger partial charge in [-0.05, 0) is 24.3 Å². The van der Waals surface area contributed by atoms with Gasteiger partial charge in [-0.1, -0.05) is 29.8 Å². The first-order valence-electron chi connectivity index (χ1n) is 6.32. The molecule has 0 radical (unpaired) electrons. The Hall–Kier alpha value is -0.680. The van der Waals surface area contributed by atoms with E-state index in [1.54, 1.807) is 17.7 Å². The van der Waals surface area contributed by atoms with Gasteiger partial charge in [0.25, 0.3) is 0 Å². The van der Waals surface area contributed by atoms with Gasteiger partial charge in [-0.2, -0.15) is 0 Å². The SMILES string of the molecule is CCC(CC)N(CCBr)c1ncnc2sccc12. The first-order valence-corrected chi connectivity index (χ1v) is 8.32. The quantitative estimate of drug-likeness (QED) is 0.748. The summed E-state index contributed by atoms with van der Waals surface area (Å²) in [6.07, 6.45) is 3.95. The lowest BCUT2D eigenvalue weighted by atomic mass is 10.1. The van der Waals surface area contributed by atoms with Crippen LogP contribution in [0.4, 0.5) is 5.82 Å². The van der Waals surface area contributed by atoms with Crippen LogP contribution >= 0.6 is 27.3 Å². The average Bonchev–Trinajstić information content (AvgIpc) is 2.87. The van der Waals surface area contributed by atoms with Gasteiger partial charge in [0.1, 0.15) is 17.0 Å². The molecule has 0 aliphatic rings. The predicted molar refractivity (Wildman–Crippen MR) is 82.9 cm³/mol. The van der Waals surface area contributed by atoms with E-state index >= 15 is 0 Å². The summed E-state index contributed by atoms with van der Waals surface area (Å²) in [6.45, 7) is 5.46. The molecule has 0 spiro atoms. The molecule has 5 heteroatoms. The Bertz CT molecular complexity index is 496. The molecule has 0 aromatic carbocycles. The molecule has 0 amide bonds. The molecule has 0 saturated carbocycles. The Kier molecular flexibility index (Phi) is 4.95. The zero-order chi connectivity index (χ0) is 13.0. The summed E-state index contributed by atoms with van der Waals surface area (Å²) in [5.74, 6) is 1.08. The van der Waals surface area contributed by atoms with Crippen LogP contribution in [0.15, 0.2) is 17.8 Å². The third-order valence-corrected chi connectivity index (χ3v) is 4.40. The van der Waals surface area contributed by atoms with Crippen molar-refractivity contribution in [3.8, 4) is 0 Å². The molecule has 2 rings (SSSR count). The first kappa shape index (κ1) is 13.7. The predicted octanol–water partition coefficient (Wildman–Crippen LogP) is 4.08. The maximum Gasteiger partial charge on any atom is 0.141 e. The number of alkyl halides is 1. The normalized spacial score (nSPS) is 11.3. The number of nitrogens with zero attached hydrogens (tertiary/aromatic N) is 3. The first-order chi connectivity index (χ1) is 8.81. The molecule has 0 aliphatic heterocycles. The molecule has 2 heterocycles. The van der Waals surface area contributed by atoms with E-state index < -0.39 is 0 Å². The molecule has 2 aromatic rings. The van der Waals surface area contributed by atoms with Crippen LogP contribution in [0.1, 0.15) is 26.7 Å². The van der Waals surface area contributed by atoms with Crippen molar-refractivity contribution in [3.63, 3.8) is 0 Å². The van der Waals surface area contributed by atoms with Crippen LogP contribution in [0, 0.1) is 0 Å². The second-order valence-corrected chi connectivity index (χ2v) is 5.88. The van der Waals surface area contributed by atoms with Crippen LogP contribution in [-0.2, 0) is 0 Å². The molecule has 0 N–H and O–H groups in total. The lowest BCUT2D eigenvalue weighted by molar-refractivity contribution is 0.565. The molecular formula is C13H18BrN3S. The highest BCUT2D eigenvalue weighted by molar-refractivity contribution is 9.09. The molecule has 0 aliphatic carbocycles. The highest BCUT2D eigenvalue weighted by Crippen LogP contribution is 2.29. The molecule has 0 fully saturated rings. The average molecular weight is 328 g/mol. The lowest BCUT2D eigenvalue weighted by Gasteiger charge is -2.31. The minimum atomic E-state index is 0.542. The van der Waals surface area contributed by atoms with Gasteiger partial charge >= 0.3 is 0 Å². The maximum absolute atomic E-state index is 4.52. The van der Waals surface area contributed by atoms with Crippen molar-refractivity contribution >= 4 is 43.3 Å². The highest BCUT2D eigenvalue weighted by atomic mass is 79.9. The van der Waals surface area contributed by atoms with Crippen molar-refractivity contribution in [2.75, 3.05) is 16.8 Å². The molecule has 98 valence electrons. The van der Waals surface area contributed by atoms with Crippen LogP contribution in [0.3, 0.4) is 0 Å². The van der Waals surface area contributed by atoms with Crippen LogP contribution in [0.25, 0.3) is 10.2 Å². The number of halogens is 1. The second kappa shape index (κ2) is 6.48. The van der Waals surface area contributed by atoms with Crippen molar-refractivity contribution in [2.45, 2.75) is 32.7 Å². The van der Waals surface area contributed by atoms with Gasteiger partial charge in [0.2, 0.25) is 0 Å². The Morgan fingerprint density at radius 3 is 2.78 bits per heavy atom. The molecule has 0 bridgehead atoms. The molecule has 0 unspecified atom stereocenters. The smallest absolute Gasteiger partial charge is 0.141 e. The van der Waals surface area contributed by atoms with Gasteiger partial charge in [0.05, 0.1) is 5.39 Å². The van der Waals surface area contributed by atoms with E-state index in [0.717, 1.165) is 35.4 Å². The Labute approximate surface area is 120 Å². The van der Waals surface area contributed by atoms with Gasteiger partial charge in [0, 0.05) is 17.9 Å². The third-order valence-electron chi connectivity index (χ3n) is 3.22. The molecule has 0 saturated heterocycles. The fourth-order valence-electron chi connectivity index (χ4n) is 2.29. The van der Waals surface area contributed by atoms with E-state index in [1.807, 2.05) is 0 Å². The van der Waals surface area contributed by atoms with Crippen molar-refractivity contribution < 1.29 is 0 Å². The topological polar surface area (TPSA) is 29.0 Å². The van der Waals surface area contributed by atoms with Gasteiger partial charge in [-0.25, -0.2) is 9.97 Å². The monoisotopic (exact) mass is 327 g/mol. The minimum Gasteiger partial charge on any atom is -0.352 e. The van der Waals surface area contributed by atoms with E-state index in [1.165, 1.54) is 5.39 Å². The molecule has 18 heavy (non-hydrogen) atoms. The largest absolute Gasteiger partial charge is 0.352 e. The standard InChI is InChI=1S/C13H18BrN3S/c1-3-10(4-2)17(7-6-14)12-11-5-8-18-13(11)16-9-15-12/h5,8-10H,3-4,6-7H2,1-2H3. The number of anilines is 1. The minimum absolute atomic E-state index is 0.542. The molecule has 3 nitrogen and oxygen atoms in total.